The van der Waals surface area contributed by atoms with Gasteiger partial charge in [0.15, 0.2) is 0 Å². The van der Waals surface area contributed by atoms with Crippen LogP contribution in [0, 0.1) is 13.8 Å². The molecule has 0 fully saturated rings. The van der Waals surface area contributed by atoms with Crippen molar-refractivity contribution in [3.8, 4) is 0 Å². The number of nitrogens with one attached hydrogen (secondary N) is 1. The standard InChI is InChI=1S/C14H15ClN2/c1-10-6-12(8-16-7-10)9-17-14-5-3-4-13(15)11(14)2/h3-8,17H,9H2,1-2H3. The number of aromatic nitrogens is 1. The minimum atomic E-state index is 0.760. The van der Waals surface area contributed by atoms with Crippen molar-refractivity contribution in [2.24, 2.45) is 0 Å². The zero-order chi connectivity index (χ0) is 12.3. The number of benzene rings is 1. The Hall–Kier alpha value is -1.54. The third kappa shape index (κ3) is 2.98. The Bertz CT molecular complexity index is 523. The molecule has 0 aliphatic rings. The van der Waals surface area contributed by atoms with Crippen molar-refractivity contribution in [2.75, 3.05) is 5.32 Å². The highest BCUT2D eigenvalue weighted by atomic mass is 35.5. The maximum absolute atomic E-state index is 6.07. The van der Waals surface area contributed by atoms with Gasteiger partial charge in [0.1, 0.15) is 0 Å². The normalized spacial score (nSPS) is 10.3. The SMILES string of the molecule is Cc1cncc(CNc2cccc(Cl)c2C)c1. The van der Waals surface area contributed by atoms with Crippen LogP contribution >= 0.6 is 11.6 Å². The van der Waals surface area contributed by atoms with E-state index in [9.17, 15) is 0 Å². The first kappa shape index (κ1) is 11.9. The molecule has 1 aromatic heterocycles. The largest absolute Gasteiger partial charge is 0.381 e. The van der Waals surface area contributed by atoms with Crippen LogP contribution in [0.1, 0.15) is 16.7 Å². The van der Waals surface area contributed by atoms with Gasteiger partial charge in [-0.15, -0.1) is 0 Å². The van der Waals surface area contributed by atoms with E-state index in [-0.39, 0.29) is 0 Å². The number of nitrogens with zero attached hydrogens (tertiary/aromatic N) is 1. The number of hydrogen-bond acceptors (Lipinski definition) is 2. The van der Waals surface area contributed by atoms with Gasteiger partial charge in [-0.1, -0.05) is 23.7 Å². The highest BCUT2D eigenvalue weighted by Crippen LogP contribution is 2.23. The van der Waals surface area contributed by atoms with E-state index in [0.29, 0.717) is 0 Å². The van der Waals surface area contributed by atoms with Crippen LogP contribution in [-0.2, 0) is 6.54 Å². The number of anilines is 1. The minimum absolute atomic E-state index is 0.760. The molecular formula is C14H15ClN2. The summed E-state index contributed by atoms with van der Waals surface area (Å²) in [7, 11) is 0. The van der Waals surface area contributed by atoms with E-state index in [1.807, 2.05) is 44.4 Å². The Labute approximate surface area is 107 Å². The third-order valence-corrected chi connectivity index (χ3v) is 3.09. The number of hydrogen-bond donors (Lipinski definition) is 1. The lowest BCUT2D eigenvalue weighted by molar-refractivity contribution is 1.09. The van der Waals surface area contributed by atoms with Crippen molar-refractivity contribution >= 4 is 17.3 Å². The number of aryl methyl sites for hydroxylation is 1. The lowest BCUT2D eigenvalue weighted by Crippen LogP contribution is -2.01. The van der Waals surface area contributed by atoms with E-state index < -0.39 is 0 Å². The third-order valence-electron chi connectivity index (χ3n) is 2.68. The molecule has 2 rings (SSSR count). The molecule has 1 aromatic carbocycles. The van der Waals surface area contributed by atoms with Crippen molar-refractivity contribution in [2.45, 2.75) is 20.4 Å². The fourth-order valence-electron chi connectivity index (χ4n) is 1.71. The molecule has 1 heterocycles. The second-order valence-corrected chi connectivity index (χ2v) is 4.54. The van der Waals surface area contributed by atoms with E-state index in [1.165, 1.54) is 11.1 Å². The van der Waals surface area contributed by atoms with Gasteiger partial charge in [0.25, 0.3) is 0 Å². The highest BCUT2D eigenvalue weighted by Gasteiger charge is 2.01. The van der Waals surface area contributed by atoms with Crippen LogP contribution in [0.15, 0.2) is 36.7 Å². The van der Waals surface area contributed by atoms with E-state index in [2.05, 4.69) is 16.4 Å². The average Bonchev–Trinajstić information content (AvgIpc) is 2.31. The highest BCUT2D eigenvalue weighted by molar-refractivity contribution is 6.31. The lowest BCUT2D eigenvalue weighted by Gasteiger charge is -2.10. The van der Waals surface area contributed by atoms with Crippen molar-refractivity contribution in [3.05, 3.63) is 58.4 Å². The van der Waals surface area contributed by atoms with Gasteiger partial charge in [0, 0.05) is 29.6 Å². The van der Waals surface area contributed by atoms with E-state index in [4.69, 9.17) is 11.6 Å². The molecule has 0 spiro atoms. The molecule has 0 atom stereocenters. The van der Waals surface area contributed by atoms with Crippen molar-refractivity contribution in [1.82, 2.24) is 4.98 Å². The summed E-state index contributed by atoms with van der Waals surface area (Å²) in [5.74, 6) is 0. The molecule has 0 aliphatic heterocycles. The predicted octanol–water partition coefficient (Wildman–Crippen LogP) is 3.96. The summed E-state index contributed by atoms with van der Waals surface area (Å²) < 4.78 is 0. The molecule has 2 aromatic rings. The van der Waals surface area contributed by atoms with Crippen LogP contribution < -0.4 is 5.32 Å². The fraction of sp³-hybridized carbons (Fsp3) is 0.214. The van der Waals surface area contributed by atoms with Gasteiger partial charge < -0.3 is 5.32 Å². The zero-order valence-corrected chi connectivity index (χ0v) is 10.8. The first-order valence-corrected chi connectivity index (χ1v) is 5.94. The number of halogens is 1. The first-order chi connectivity index (χ1) is 8.16. The predicted molar refractivity (Wildman–Crippen MR) is 72.5 cm³/mol. The molecule has 88 valence electrons. The molecule has 0 unspecified atom stereocenters. The zero-order valence-electron chi connectivity index (χ0n) is 10.00. The summed E-state index contributed by atoms with van der Waals surface area (Å²) in [6.07, 6.45) is 3.73. The molecule has 0 saturated heterocycles. The molecule has 0 saturated carbocycles. The monoisotopic (exact) mass is 246 g/mol. The molecule has 0 radical (unpaired) electrons. The summed E-state index contributed by atoms with van der Waals surface area (Å²) in [6.45, 7) is 4.82. The van der Waals surface area contributed by atoms with Gasteiger partial charge >= 0.3 is 0 Å². The second-order valence-electron chi connectivity index (χ2n) is 4.14. The molecule has 3 heteroatoms. The van der Waals surface area contributed by atoms with Crippen LogP contribution in [0.3, 0.4) is 0 Å². The van der Waals surface area contributed by atoms with Crippen LogP contribution in [-0.4, -0.2) is 4.98 Å². The van der Waals surface area contributed by atoms with Crippen LogP contribution in [0.2, 0.25) is 5.02 Å². The first-order valence-electron chi connectivity index (χ1n) is 5.56. The van der Waals surface area contributed by atoms with E-state index in [0.717, 1.165) is 22.8 Å². The Morgan fingerprint density at radius 2 is 2.06 bits per heavy atom. The Kier molecular flexibility index (Phi) is 3.64. The fourth-order valence-corrected chi connectivity index (χ4v) is 1.89. The van der Waals surface area contributed by atoms with E-state index in [1.54, 1.807) is 0 Å². The summed E-state index contributed by atoms with van der Waals surface area (Å²) in [4.78, 5) is 4.17. The quantitative estimate of drug-likeness (QED) is 0.887. The molecule has 2 nitrogen and oxygen atoms in total. The molecule has 1 N–H and O–H groups in total. The molecule has 17 heavy (non-hydrogen) atoms. The molecule has 0 aliphatic carbocycles. The average molecular weight is 247 g/mol. The molecular weight excluding hydrogens is 232 g/mol. The smallest absolute Gasteiger partial charge is 0.0455 e. The minimum Gasteiger partial charge on any atom is -0.381 e. The topological polar surface area (TPSA) is 24.9 Å². The van der Waals surface area contributed by atoms with Crippen LogP contribution in [0.5, 0.6) is 0 Å². The molecule has 0 amide bonds. The van der Waals surface area contributed by atoms with Crippen molar-refractivity contribution in [3.63, 3.8) is 0 Å². The maximum atomic E-state index is 6.07. The van der Waals surface area contributed by atoms with Gasteiger partial charge in [-0.05, 0) is 42.7 Å². The summed E-state index contributed by atoms with van der Waals surface area (Å²) in [6, 6.07) is 8.01. The summed E-state index contributed by atoms with van der Waals surface area (Å²) in [5, 5.41) is 4.16. The van der Waals surface area contributed by atoms with Crippen molar-refractivity contribution < 1.29 is 0 Å². The van der Waals surface area contributed by atoms with Gasteiger partial charge in [-0.2, -0.15) is 0 Å². The van der Waals surface area contributed by atoms with Crippen molar-refractivity contribution in [1.29, 1.82) is 0 Å². The summed E-state index contributed by atoms with van der Waals surface area (Å²) in [5.41, 5.74) is 4.49. The molecule has 0 bridgehead atoms. The Morgan fingerprint density at radius 1 is 1.24 bits per heavy atom. The van der Waals surface area contributed by atoms with E-state index >= 15 is 0 Å². The Balaban J connectivity index is 2.10. The van der Waals surface area contributed by atoms with Gasteiger partial charge in [-0.25, -0.2) is 0 Å². The summed E-state index contributed by atoms with van der Waals surface area (Å²) >= 11 is 6.07. The second kappa shape index (κ2) is 5.19. The van der Waals surface area contributed by atoms with Crippen LogP contribution in [0.25, 0.3) is 0 Å². The number of pyridine rings is 1. The van der Waals surface area contributed by atoms with Gasteiger partial charge in [0.2, 0.25) is 0 Å². The lowest BCUT2D eigenvalue weighted by atomic mass is 10.2. The van der Waals surface area contributed by atoms with Crippen LogP contribution in [0.4, 0.5) is 5.69 Å². The van der Waals surface area contributed by atoms with Gasteiger partial charge in [-0.3, -0.25) is 4.98 Å². The van der Waals surface area contributed by atoms with Gasteiger partial charge in [0.05, 0.1) is 0 Å². The Morgan fingerprint density at radius 3 is 2.82 bits per heavy atom. The maximum Gasteiger partial charge on any atom is 0.0455 e. The number of rotatable bonds is 3.